The van der Waals surface area contributed by atoms with E-state index in [-0.39, 0.29) is 0 Å². The van der Waals surface area contributed by atoms with Crippen LogP contribution in [0.3, 0.4) is 0 Å². The molecule has 1 aromatic carbocycles. The van der Waals surface area contributed by atoms with E-state index in [1.54, 1.807) is 13.3 Å². The largest absolute Gasteiger partial charge is 0.481 e. The van der Waals surface area contributed by atoms with Crippen molar-refractivity contribution in [3.63, 3.8) is 0 Å². The lowest BCUT2D eigenvalue weighted by Gasteiger charge is -2.11. The normalized spacial score (nSPS) is 10.5. The minimum absolute atomic E-state index is 0.303. The van der Waals surface area contributed by atoms with E-state index in [4.69, 9.17) is 9.47 Å². The van der Waals surface area contributed by atoms with Gasteiger partial charge in [0.2, 0.25) is 5.88 Å². The zero-order valence-electron chi connectivity index (χ0n) is 12.9. The van der Waals surface area contributed by atoms with Gasteiger partial charge < -0.3 is 14.8 Å². The third-order valence-corrected chi connectivity index (χ3v) is 3.24. The molecule has 112 valence electrons. The fourth-order valence-electron chi connectivity index (χ4n) is 1.96. The summed E-state index contributed by atoms with van der Waals surface area (Å²) >= 11 is 0. The van der Waals surface area contributed by atoms with Gasteiger partial charge in [-0.2, -0.15) is 4.98 Å². The Morgan fingerprint density at radius 1 is 1.10 bits per heavy atom. The lowest BCUT2D eigenvalue weighted by atomic mass is 10.0. The molecule has 0 bridgehead atoms. The van der Waals surface area contributed by atoms with Crippen LogP contribution in [0.4, 0.5) is 5.69 Å². The van der Waals surface area contributed by atoms with E-state index in [1.807, 2.05) is 0 Å². The van der Waals surface area contributed by atoms with Crippen molar-refractivity contribution in [1.29, 1.82) is 0 Å². The molecule has 0 aliphatic heterocycles. The summed E-state index contributed by atoms with van der Waals surface area (Å²) in [7, 11) is 3.12. The number of anilines is 1. The Labute approximate surface area is 125 Å². The Morgan fingerprint density at radius 2 is 1.81 bits per heavy atom. The number of hydrogen-bond donors (Lipinski definition) is 1. The second-order valence-corrected chi connectivity index (χ2v) is 5.02. The van der Waals surface area contributed by atoms with Crippen molar-refractivity contribution in [2.24, 2.45) is 0 Å². The average molecular weight is 287 g/mol. The summed E-state index contributed by atoms with van der Waals surface area (Å²) in [5, 5.41) is 3.34. The second kappa shape index (κ2) is 6.92. The number of rotatable bonds is 6. The summed E-state index contributed by atoms with van der Waals surface area (Å²) in [6.07, 6.45) is 1.71. The van der Waals surface area contributed by atoms with Crippen LogP contribution >= 0.6 is 0 Å². The highest BCUT2D eigenvalue weighted by Gasteiger charge is 2.08. The second-order valence-electron chi connectivity index (χ2n) is 5.02. The van der Waals surface area contributed by atoms with E-state index in [9.17, 15) is 0 Å². The van der Waals surface area contributed by atoms with Crippen LogP contribution in [0, 0.1) is 0 Å². The quantitative estimate of drug-likeness (QED) is 0.884. The van der Waals surface area contributed by atoms with Crippen LogP contribution in [0.15, 0.2) is 30.5 Å². The molecule has 1 heterocycles. The topological polar surface area (TPSA) is 56.3 Å². The fourth-order valence-corrected chi connectivity index (χ4v) is 1.96. The highest BCUT2D eigenvalue weighted by atomic mass is 16.5. The number of nitrogens with one attached hydrogen (secondary N) is 1. The Kier molecular flexibility index (Phi) is 4.98. The first-order chi connectivity index (χ1) is 10.1. The summed E-state index contributed by atoms with van der Waals surface area (Å²) in [6, 6.07) is 8.72. The number of methoxy groups -OCH3 is 2. The lowest BCUT2D eigenvalue weighted by molar-refractivity contribution is 0.349. The van der Waals surface area contributed by atoms with E-state index in [0.717, 1.165) is 11.3 Å². The number of hydrogen-bond acceptors (Lipinski definition) is 5. The van der Waals surface area contributed by atoms with Gasteiger partial charge in [0.15, 0.2) is 0 Å². The zero-order chi connectivity index (χ0) is 15.2. The van der Waals surface area contributed by atoms with E-state index in [1.165, 1.54) is 12.7 Å². The zero-order valence-corrected chi connectivity index (χ0v) is 12.9. The number of benzene rings is 1. The minimum Gasteiger partial charge on any atom is -0.481 e. The van der Waals surface area contributed by atoms with Gasteiger partial charge in [-0.1, -0.05) is 26.0 Å². The van der Waals surface area contributed by atoms with Crippen molar-refractivity contribution in [2.45, 2.75) is 26.3 Å². The van der Waals surface area contributed by atoms with Gasteiger partial charge in [0.25, 0.3) is 0 Å². The molecular weight excluding hydrogens is 266 g/mol. The van der Waals surface area contributed by atoms with E-state index >= 15 is 0 Å². The number of ether oxygens (including phenoxy) is 2. The van der Waals surface area contributed by atoms with E-state index in [0.29, 0.717) is 24.4 Å². The Morgan fingerprint density at radius 3 is 2.38 bits per heavy atom. The molecule has 21 heavy (non-hydrogen) atoms. The van der Waals surface area contributed by atoms with Crippen LogP contribution in [0.25, 0.3) is 0 Å². The molecule has 0 saturated heterocycles. The van der Waals surface area contributed by atoms with E-state index < -0.39 is 0 Å². The summed E-state index contributed by atoms with van der Waals surface area (Å²) < 4.78 is 10.2. The van der Waals surface area contributed by atoms with Crippen molar-refractivity contribution in [3.05, 3.63) is 41.6 Å². The average Bonchev–Trinajstić information content (AvgIpc) is 2.53. The summed E-state index contributed by atoms with van der Waals surface area (Å²) in [6.45, 7) is 4.96. The molecule has 0 amide bonds. The van der Waals surface area contributed by atoms with Crippen molar-refractivity contribution >= 4 is 5.69 Å². The molecule has 5 nitrogen and oxygen atoms in total. The molecule has 1 N–H and O–H groups in total. The molecule has 0 saturated carbocycles. The van der Waals surface area contributed by atoms with Crippen LogP contribution < -0.4 is 14.8 Å². The maximum Gasteiger partial charge on any atom is 0.319 e. The summed E-state index contributed by atoms with van der Waals surface area (Å²) in [5.74, 6) is 1.06. The fraction of sp³-hybridized carbons (Fsp3) is 0.375. The smallest absolute Gasteiger partial charge is 0.319 e. The van der Waals surface area contributed by atoms with E-state index in [2.05, 4.69) is 53.4 Å². The summed E-state index contributed by atoms with van der Waals surface area (Å²) in [5.41, 5.74) is 3.26. The van der Waals surface area contributed by atoms with Crippen molar-refractivity contribution in [3.8, 4) is 11.9 Å². The third kappa shape index (κ3) is 3.84. The maximum absolute atomic E-state index is 5.26. The Balaban J connectivity index is 2.05. The lowest BCUT2D eigenvalue weighted by Crippen LogP contribution is -2.05. The van der Waals surface area contributed by atoms with Gasteiger partial charge in [-0.15, -0.1) is 0 Å². The molecule has 0 aliphatic rings. The minimum atomic E-state index is 0.303. The molecule has 1 aromatic heterocycles. The first-order valence-electron chi connectivity index (χ1n) is 6.91. The Bertz CT molecular complexity index is 583. The molecule has 0 atom stereocenters. The summed E-state index contributed by atoms with van der Waals surface area (Å²) in [4.78, 5) is 8.27. The van der Waals surface area contributed by atoms with Gasteiger partial charge in [-0.25, -0.2) is 4.98 Å². The highest BCUT2D eigenvalue weighted by molar-refractivity contribution is 5.46. The number of aromatic nitrogens is 2. The molecule has 0 fully saturated rings. The Hall–Kier alpha value is -2.30. The first-order valence-corrected chi connectivity index (χ1v) is 6.91. The van der Waals surface area contributed by atoms with Gasteiger partial charge in [0.1, 0.15) is 0 Å². The van der Waals surface area contributed by atoms with Gasteiger partial charge in [0, 0.05) is 18.4 Å². The molecule has 0 radical (unpaired) electrons. The van der Waals surface area contributed by atoms with Crippen LogP contribution in [-0.2, 0) is 6.54 Å². The molecule has 5 heteroatoms. The molecule has 0 spiro atoms. The van der Waals surface area contributed by atoms with Gasteiger partial charge >= 0.3 is 6.01 Å². The monoisotopic (exact) mass is 287 g/mol. The molecular formula is C16H21N3O2. The predicted molar refractivity (Wildman–Crippen MR) is 83.0 cm³/mol. The van der Waals surface area contributed by atoms with Crippen LogP contribution in [0.5, 0.6) is 11.9 Å². The van der Waals surface area contributed by atoms with Crippen LogP contribution in [0.1, 0.15) is 30.9 Å². The molecule has 0 aliphatic carbocycles. The van der Waals surface area contributed by atoms with Crippen LogP contribution in [0.2, 0.25) is 0 Å². The molecule has 0 unspecified atom stereocenters. The first kappa shape index (κ1) is 15.1. The van der Waals surface area contributed by atoms with Crippen molar-refractivity contribution in [2.75, 3.05) is 19.5 Å². The predicted octanol–water partition coefficient (Wildman–Crippen LogP) is 3.23. The van der Waals surface area contributed by atoms with Crippen molar-refractivity contribution in [1.82, 2.24) is 9.97 Å². The standard InChI is InChI=1S/C16H21N3O2/c1-11(2)12-5-7-14(8-6-12)17-9-13-10-18-16(21-4)19-15(13)20-3/h5-8,10-11,17H,9H2,1-4H3. The number of nitrogens with zero attached hydrogens (tertiary/aromatic N) is 2. The SMILES string of the molecule is COc1ncc(CNc2ccc(C(C)C)cc2)c(OC)n1. The van der Waals surface area contributed by atoms with Crippen LogP contribution in [-0.4, -0.2) is 24.2 Å². The van der Waals surface area contributed by atoms with Gasteiger partial charge in [0.05, 0.1) is 19.8 Å². The molecule has 2 aromatic rings. The third-order valence-electron chi connectivity index (χ3n) is 3.24. The van der Waals surface area contributed by atoms with Gasteiger partial charge in [-0.05, 0) is 23.6 Å². The highest BCUT2D eigenvalue weighted by Crippen LogP contribution is 2.20. The molecule has 2 rings (SSSR count). The van der Waals surface area contributed by atoms with Crippen molar-refractivity contribution < 1.29 is 9.47 Å². The van der Waals surface area contributed by atoms with Gasteiger partial charge in [-0.3, -0.25) is 0 Å². The maximum atomic E-state index is 5.26.